The highest BCUT2D eigenvalue weighted by Gasteiger charge is 2.36. The summed E-state index contributed by atoms with van der Waals surface area (Å²) < 4.78 is 16.9. The lowest BCUT2D eigenvalue weighted by molar-refractivity contribution is 0.0551. The van der Waals surface area contributed by atoms with Crippen molar-refractivity contribution in [1.29, 1.82) is 0 Å². The summed E-state index contributed by atoms with van der Waals surface area (Å²) in [5.41, 5.74) is -0.171. The molecule has 0 saturated carbocycles. The third kappa shape index (κ3) is 5.77. The molecule has 3 amide bonds. The van der Waals surface area contributed by atoms with Gasteiger partial charge in [0.05, 0.1) is 46.2 Å². The first-order valence-electron chi connectivity index (χ1n) is 10.8. The Balaban J connectivity index is 2.09. The summed E-state index contributed by atoms with van der Waals surface area (Å²) in [7, 11) is 3.71. The Bertz CT molecular complexity index is 1110. The highest BCUT2D eigenvalue weighted by molar-refractivity contribution is 6.11. The maximum absolute atomic E-state index is 13.3. The second-order valence-corrected chi connectivity index (χ2v) is 8.12. The minimum Gasteiger partial charge on any atom is -0.465 e. The average Bonchev–Trinajstić information content (AvgIpc) is 3.43. The quantitative estimate of drug-likeness (QED) is 0.482. The fraction of sp³-hybridized carbons (Fsp3) is 0.524. The van der Waals surface area contributed by atoms with E-state index in [1.165, 1.54) is 16.6 Å². The lowest BCUT2D eigenvalue weighted by Crippen LogP contribution is -2.47. The largest absolute Gasteiger partial charge is 0.465 e. The van der Waals surface area contributed by atoms with Crippen molar-refractivity contribution in [3.63, 3.8) is 0 Å². The first kappa shape index (κ1) is 25.7. The highest BCUT2D eigenvalue weighted by Crippen LogP contribution is 2.28. The minimum atomic E-state index is -0.956. The Morgan fingerprint density at radius 2 is 1.89 bits per heavy atom. The molecule has 0 aromatic carbocycles. The van der Waals surface area contributed by atoms with Gasteiger partial charge in [0.2, 0.25) is 5.76 Å². The number of furan rings is 1. The standard InChI is InChI=1S/C21H28N6O8/c1-11-7-27-9-13(24-25-27)8-26(2)18(29)17-16(20(31)34-4)15(19(30)33-3)14(35-17)6-5-12(10-28)23-21(32)22-11/h9,11-12,28H,5-8,10H2,1-4H3,(H2,22,23,32)/t11-,12+/m1/s1. The minimum absolute atomic E-state index is 0.000371. The van der Waals surface area contributed by atoms with Crippen LogP contribution in [0, 0.1) is 0 Å². The van der Waals surface area contributed by atoms with Crippen molar-refractivity contribution >= 4 is 23.9 Å². The van der Waals surface area contributed by atoms with Crippen molar-refractivity contribution in [3.8, 4) is 0 Å². The van der Waals surface area contributed by atoms with Crippen molar-refractivity contribution in [2.24, 2.45) is 0 Å². The molecule has 14 nitrogen and oxygen atoms in total. The topological polar surface area (TPSA) is 178 Å². The molecule has 0 saturated heterocycles. The number of rotatable bonds is 3. The molecular formula is C21H28N6O8. The fourth-order valence-corrected chi connectivity index (χ4v) is 3.70. The number of nitrogens with zero attached hydrogens (tertiary/aromatic N) is 4. The number of esters is 2. The van der Waals surface area contributed by atoms with Gasteiger partial charge in [-0.15, -0.1) is 5.10 Å². The number of amides is 3. The lowest BCUT2D eigenvalue weighted by atomic mass is 10.0. The number of carbonyl (C=O) groups is 4. The summed E-state index contributed by atoms with van der Waals surface area (Å²) in [4.78, 5) is 52.1. The average molecular weight is 492 g/mol. The number of nitrogens with one attached hydrogen (secondary N) is 2. The molecular weight excluding hydrogens is 464 g/mol. The van der Waals surface area contributed by atoms with Crippen molar-refractivity contribution in [2.75, 3.05) is 27.9 Å². The van der Waals surface area contributed by atoms with Crippen molar-refractivity contribution in [3.05, 3.63) is 34.5 Å². The van der Waals surface area contributed by atoms with Crippen LogP contribution in [0.5, 0.6) is 0 Å². The number of aryl methyl sites for hydroxylation is 1. The Morgan fingerprint density at radius 3 is 2.54 bits per heavy atom. The van der Waals surface area contributed by atoms with Crippen LogP contribution in [0.15, 0.2) is 10.6 Å². The van der Waals surface area contributed by atoms with Crippen LogP contribution in [-0.2, 0) is 29.0 Å². The van der Waals surface area contributed by atoms with E-state index in [0.717, 1.165) is 14.2 Å². The van der Waals surface area contributed by atoms with Crippen LogP contribution in [0.2, 0.25) is 0 Å². The molecule has 2 aromatic rings. The SMILES string of the molecule is COC(=O)c1c2oc(c1C(=O)OC)C(=O)N(C)Cc1cn(nn1)C[C@@H](C)NC(=O)N[C@H](CO)CC2. The van der Waals surface area contributed by atoms with E-state index in [0.29, 0.717) is 12.2 Å². The smallest absolute Gasteiger partial charge is 0.342 e. The molecule has 4 bridgehead atoms. The van der Waals surface area contributed by atoms with Crippen LogP contribution in [0.1, 0.15) is 56.1 Å². The zero-order valence-corrected chi connectivity index (χ0v) is 19.9. The van der Waals surface area contributed by atoms with Gasteiger partial charge in [-0.2, -0.15) is 0 Å². The van der Waals surface area contributed by atoms with Gasteiger partial charge >= 0.3 is 18.0 Å². The number of hydrogen-bond acceptors (Lipinski definition) is 10. The van der Waals surface area contributed by atoms with Gasteiger partial charge in [0, 0.05) is 19.5 Å². The molecule has 14 heteroatoms. The molecule has 3 heterocycles. The molecule has 0 aliphatic carbocycles. The van der Waals surface area contributed by atoms with E-state index in [1.54, 1.807) is 13.1 Å². The van der Waals surface area contributed by atoms with E-state index < -0.39 is 42.3 Å². The number of aromatic nitrogens is 3. The van der Waals surface area contributed by atoms with Crippen LogP contribution >= 0.6 is 0 Å². The number of ether oxygens (including phenoxy) is 2. The summed E-state index contributed by atoms with van der Waals surface area (Å²) in [6, 6.07) is -1.55. The number of methoxy groups -OCH3 is 2. The summed E-state index contributed by atoms with van der Waals surface area (Å²) in [5, 5.41) is 23.2. The predicted molar refractivity (Wildman–Crippen MR) is 118 cm³/mol. The number of fused-ring (bicyclic) bond motifs is 4. The number of hydrogen-bond donors (Lipinski definition) is 3. The fourth-order valence-electron chi connectivity index (χ4n) is 3.70. The zero-order chi connectivity index (χ0) is 25.7. The van der Waals surface area contributed by atoms with Gasteiger partial charge in [-0.1, -0.05) is 5.21 Å². The van der Waals surface area contributed by atoms with Crippen molar-refractivity contribution in [2.45, 2.75) is 44.9 Å². The molecule has 1 aliphatic rings. The second kappa shape index (κ2) is 11.0. The Hall–Kier alpha value is -3.94. The van der Waals surface area contributed by atoms with Gasteiger partial charge in [0.15, 0.2) is 0 Å². The first-order valence-corrected chi connectivity index (χ1v) is 10.8. The predicted octanol–water partition coefficient (Wildman–Crippen LogP) is -0.289. The molecule has 3 rings (SSSR count). The van der Waals surface area contributed by atoms with Gasteiger partial charge in [-0.25, -0.2) is 14.4 Å². The number of carbonyl (C=O) groups excluding carboxylic acids is 4. The molecule has 2 atom stereocenters. The molecule has 2 aromatic heterocycles. The Labute approximate surface area is 200 Å². The van der Waals surface area contributed by atoms with Gasteiger partial charge in [0.1, 0.15) is 22.6 Å². The van der Waals surface area contributed by atoms with Crippen LogP contribution in [0.25, 0.3) is 0 Å². The number of urea groups is 1. The molecule has 0 fully saturated rings. The van der Waals surface area contributed by atoms with Crippen molar-refractivity contribution < 1.29 is 38.2 Å². The van der Waals surface area contributed by atoms with Crippen LogP contribution in [0.3, 0.4) is 0 Å². The van der Waals surface area contributed by atoms with Gasteiger partial charge in [0.25, 0.3) is 5.91 Å². The van der Waals surface area contributed by atoms with Crippen LogP contribution < -0.4 is 10.6 Å². The van der Waals surface area contributed by atoms with E-state index >= 15 is 0 Å². The van der Waals surface area contributed by atoms with E-state index in [2.05, 4.69) is 20.9 Å². The van der Waals surface area contributed by atoms with Crippen LogP contribution in [0.4, 0.5) is 4.79 Å². The van der Waals surface area contributed by atoms with Gasteiger partial charge < -0.3 is 34.5 Å². The van der Waals surface area contributed by atoms with E-state index in [9.17, 15) is 24.3 Å². The zero-order valence-electron chi connectivity index (χ0n) is 19.9. The summed E-state index contributed by atoms with van der Waals surface area (Å²) in [6.45, 7) is 1.72. The molecule has 0 radical (unpaired) electrons. The summed E-state index contributed by atoms with van der Waals surface area (Å²) in [6.07, 6.45) is 1.74. The molecule has 0 unspecified atom stereocenters. The number of aliphatic hydroxyl groups excluding tert-OH is 1. The molecule has 190 valence electrons. The van der Waals surface area contributed by atoms with E-state index in [1.807, 2.05) is 0 Å². The summed E-state index contributed by atoms with van der Waals surface area (Å²) in [5.74, 6) is -2.96. The van der Waals surface area contributed by atoms with E-state index in [4.69, 9.17) is 13.9 Å². The number of aliphatic hydroxyl groups is 1. The van der Waals surface area contributed by atoms with E-state index in [-0.39, 0.29) is 42.3 Å². The summed E-state index contributed by atoms with van der Waals surface area (Å²) >= 11 is 0. The highest BCUT2D eigenvalue weighted by atomic mass is 16.5. The monoisotopic (exact) mass is 492 g/mol. The molecule has 0 spiro atoms. The first-order chi connectivity index (χ1) is 16.7. The molecule has 1 aliphatic heterocycles. The van der Waals surface area contributed by atoms with Crippen LogP contribution in [-0.4, -0.2) is 88.8 Å². The molecule has 3 N–H and O–H groups in total. The Kier molecular flexibility index (Phi) is 8.06. The maximum atomic E-state index is 13.3. The lowest BCUT2D eigenvalue weighted by Gasteiger charge is -2.19. The third-order valence-corrected chi connectivity index (χ3v) is 5.40. The Morgan fingerprint density at radius 1 is 1.20 bits per heavy atom. The van der Waals surface area contributed by atoms with Gasteiger partial charge in [-0.05, 0) is 13.3 Å². The maximum Gasteiger partial charge on any atom is 0.342 e. The second-order valence-electron chi connectivity index (χ2n) is 8.12. The molecule has 35 heavy (non-hydrogen) atoms. The van der Waals surface area contributed by atoms with Crippen molar-refractivity contribution in [1.82, 2.24) is 30.5 Å². The third-order valence-electron chi connectivity index (χ3n) is 5.40. The normalized spacial score (nSPS) is 19.4. The van der Waals surface area contributed by atoms with Gasteiger partial charge in [-0.3, -0.25) is 9.48 Å².